The highest BCUT2D eigenvalue weighted by atomic mass is 32.1. The lowest BCUT2D eigenvalue weighted by Crippen LogP contribution is -2.48. The molecule has 34 heavy (non-hydrogen) atoms. The molecule has 4 rings (SSSR count). The fourth-order valence-corrected chi connectivity index (χ4v) is 4.76. The number of benzene rings is 2. The van der Waals surface area contributed by atoms with Crippen LogP contribution in [0, 0.1) is 13.8 Å². The van der Waals surface area contributed by atoms with E-state index in [4.69, 9.17) is 14.2 Å². The highest BCUT2D eigenvalue weighted by molar-refractivity contribution is 7.11. The van der Waals surface area contributed by atoms with Crippen LogP contribution in [-0.4, -0.2) is 43.7 Å². The van der Waals surface area contributed by atoms with E-state index >= 15 is 0 Å². The third-order valence-corrected chi connectivity index (χ3v) is 6.48. The summed E-state index contributed by atoms with van der Waals surface area (Å²) in [7, 11) is 3.07. The molecule has 1 unspecified atom stereocenters. The van der Waals surface area contributed by atoms with Crippen molar-refractivity contribution < 1.29 is 23.8 Å². The molecule has 8 nitrogen and oxygen atoms in total. The van der Waals surface area contributed by atoms with Gasteiger partial charge in [-0.2, -0.15) is 0 Å². The van der Waals surface area contributed by atoms with Crippen molar-refractivity contribution in [1.82, 2.24) is 4.98 Å². The van der Waals surface area contributed by atoms with Crippen LogP contribution in [0.1, 0.15) is 23.2 Å². The zero-order valence-corrected chi connectivity index (χ0v) is 20.6. The van der Waals surface area contributed by atoms with Gasteiger partial charge >= 0.3 is 0 Å². The first kappa shape index (κ1) is 23.6. The molecule has 1 N–H and O–H groups in total. The van der Waals surface area contributed by atoms with Gasteiger partial charge in [0, 0.05) is 16.5 Å². The Morgan fingerprint density at radius 2 is 1.97 bits per heavy atom. The summed E-state index contributed by atoms with van der Waals surface area (Å²) in [5.41, 5.74) is 2.77. The number of methoxy groups -OCH3 is 2. The van der Waals surface area contributed by atoms with Crippen LogP contribution in [0.25, 0.3) is 11.3 Å². The van der Waals surface area contributed by atoms with Crippen LogP contribution in [0.3, 0.4) is 0 Å². The Balaban J connectivity index is 1.64. The Kier molecular flexibility index (Phi) is 6.74. The van der Waals surface area contributed by atoms with E-state index in [0.717, 1.165) is 21.1 Å². The van der Waals surface area contributed by atoms with E-state index in [2.05, 4.69) is 10.3 Å². The summed E-state index contributed by atoms with van der Waals surface area (Å²) in [5, 5.41) is 3.80. The number of carbonyl (C=O) groups is 2. The number of aromatic nitrogens is 1. The maximum absolute atomic E-state index is 13.2. The lowest BCUT2D eigenvalue weighted by Gasteiger charge is -2.34. The molecule has 1 aromatic heterocycles. The summed E-state index contributed by atoms with van der Waals surface area (Å²) < 4.78 is 16.5. The van der Waals surface area contributed by atoms with Crippen LogP contribution in [0.5, 0.6) is 17.2 Å². The van der Waals surface area contributed by atoms with Crippen LogP contribution in [0.15, 0.2) is 36.4 Å². The van der Waals surface area contributed by atoms with Crippen LogP contribution >= 0.6 is 11.3 Å². The van der Waals surface area contributed by atoms with Crippen molar-refractivity contribution in [3.8, 4) is 28.5 Å². The molecule has 9 heteroatoms. The first-order valence-electron chi connectivity index (χ1n) is 10.9. The van der Waals surface area contributed by atoms with Gasteiger partial charge in [0.15, 0.2) is 6.10 Å². The van der Waals surface area contributed by atoms with Gasteiger partial charge in [0.2, 0.25) is 5.91 Å². The van der Waals surface area contributed by atoms with Crippen LogP contribution in [0.2, 0.25) is 0 Å². The summed E-state index contributed by atoms with van der Waals surface area (Å²) in [5.74, 6) is 1.03. The number of rotatable bonds is 7. The summed E-state index contributed by atoms with van der Waals surface area (Å²) in [6.45, 7) is 5.69. The Morgan fingerprint density at radius 1 is 1.18 bits per heavy atom. The summed E-state index contributed by atoms with van der Waals surface area (Å²) in [4.78, 5) is 33.4. The predicted octanol–water partition coefficient (Wildman–Crippen LogP) is 4.59. The smallest absolute Gasteiger partial charge is 0.268 e. The largest absolute Gasteiger partial charge is 0.497 e. The van der Waals surface area contributed by atoms with Crippen molar-refractivity contribution in [1.29, 1.82) is 0 Å². The molecule has 178 valence electrons. The van der Waals surface area contributed by atoms with Crippen molar-refractivity contribution in [2.24, 2.45) is 0 Å². The van der Waals surface area contributed by atoms with Gasteiger partial charge in [-0.1, -0.05) is 6.92 Å². The van der Waals surface area contributed by atoms with Gasteiger partial charge in [-0.05, 0) is 50.6 Å². The number of hydrogen-bond acceptors (Lipinski definition) is 7. The number of fused-ring (bicyclic) bond motifs is 1. The molecule has 1 atom stereocenters. The Hall–Kier alpha value is -3.59. The van der Waals surface area contributed by atoms with E-state index in [9.17, 15) is 9.59 Å². The van der Waals surface area contributed by atoms with Gasteiger partial charge in [-0.3, -0.25) is 14.5 Å². The summed E-state index contributed by atoms with van der Waals surface area (Å²) in [6, 6.07) is 10.7. The van der Waals surface area contributed by atoms with E-state index in [1.807, 2.05) is 39.0 Å². The average Bonchev–Trinajstić information content (AvgIpc) is 3.18. The minimum absolute atomic E-state index is 0.167. The molecule has 2 amide bonds. The number of aryl methyl sites for hydroxylation is 2. The third-order valence-electron chi connectivity index (χ3n) is 5.59. The summed E-state index contributed by atoms with van der Waals surface area (Å²) in [6.07, 6.45) is -0.153. The topological polar surface area (TPSA) is 90.0 Å². The van der Waals surface area contributed by atoms with E-state index in [1.54, 1.807) is 36.6 Å². The molecule has 3 aromatic rings. The average molecular weight is 482 g/mol. The standard InChI is InChI=1S/C25H27N3O5S/c1-6-20-25(30)28(13-23(29)27-18-9-8-17(31-4)12-22(18)32-5)19-11-16(7-10-21(19)33-20)24-14(2)34-15(3)26-24/h7-12,20H,6,13H2,1-5H3,(H,27,29). The zero-order chi connectivity index (χ0) is 24.4. The number of nitrogens with one attached hydrogen (secondary N) is 1. The second-order valence-corrected chi connectivity index (χ2v) is 9.28. The lowest BCUT2D eigenvalue weighted by atomic mass is 10.1. The fraction of sp³-hybridized carbons (Fsp3) is 0.320. The van der Waals surface area contributed by atoms with Gasteiger partial charge in [0.05, 0.1) is 36.3 Å². The molecule has 2 aromatic carbocycles. The monoisotopic (exact) mass is 481 g/mol. The maximum atomic E-state index is 13.2. The van der Waals surface area contributed by atoms with E-state index < -0.39 is 6.10 Å². The minimum Gasteiger partial charge on any atom is -0.497 e. The number of thiazole rings is 1. The molecule has 2 heterocycles. The normalized spacial score (nSPS) is 14.9. The van der Waals surface area contributed by atoms with Gasteiger partial charge in [0.25, 0.3) is 5.91 Å². The Morgan fingerprint density at radius 3 is 2.62 bits per heavy atom. The van der Waals surface area contributed by atoms with Crippen LogP contribution in [-0.2, 0) is 9.59 Å². The van der Waals surface area contributed by atoms with Gasteiger partial charge < -0.3 is 19.5 Å². The number of hydrogen-bond donors (Lipinski definition) is 1. The molecule has 1 aliphatic heterocycles. The number of carbonyl (C=O) groups excluding carboxylic acids is 2. The van der Waals surface area contributed by atoms with E-state index in [0.29, 0.717) is 35.0 Å². The first-order chi connectivity index (χ1) is 16.3. The minimum atomic E-state index is -0.648. The second kappa shape index (κ2) is 9.72. The third kappa shape index (κ3) is 4.56. The molecule has 0 saturated carbocycles. The zero-order valence-electron chi connectivity index (χ0n) is 19.8. The van der Waals surface area contributed by atoms with E-state index in [-0.39, 0.29) is 18.4 Å². The molecular weight excluding hydrogens is 454 g/mol. The van der Waals surface area contributed by atoms with Gasteiger partial charge in [0.1, 0.15) is 23.8 Å². The molecule has 1 aliphatic rings. The highest BCUT2D eigenvalue weighted by Gasteiger charge is 2.35. The van der Waals surface area contributed by atoms with Crippen molar-refractivity contribution >= 4 is 34.5 Å². The van der Waals surface area contributed by atoms with E-state index in [1.165, 1.54) is 12.0 Å². The van der Waals surface area contributed by atoms with Crippen molar-refractivity contribution in [2.45, 2.75) is 33.3 Å². The predicted molar refractivity (Wildman–Crippen MR) is 132 cm³/mol. The van der Waals surface area contributed by atoms with Gasteiger partial charge in [-0.25, -0.2) is 4.98 Å². The number of amides is 2. The molecule has 0 spiro atoms. The number of anilines is 2. The summed E-state index contributed by atoms with van der Waals surface area (Å²) >= 11 is 1.62. The Bertz CT molecular complexity index is 1240. The molecular formula is C25H27N3O5S. The van der Waals surface area contributed by atoms with Crippen molar-refractivity contribution in [3.05, 3.63) is 46.3 Å². The highest BCUT2D eigenvalue weighted by Crippen LogP contribution is 2.39. The lowest BCUT2D eigenvalue weighted by molar-refractivity contribution is -0.128. The van der Waals surface area contributed by atoms with Crippen LogP contribution < -0.4 is 24.4 Å². The fourth-order valence-electron chi connectivity index (χ4n) is 3.92. The van der Waals surface area contributed by atoms with Gasteiger partial charge in [-0.15, -0.1) is 11.3 Å². The number of ether oxygens (including phenoxy) is 3. The van der Waals surface area contributed by atoms with Crippen molar-refractivity contribution in [3.63, 3.8) is 0 Å². The molecule has 0 aliphatic carbocycles. The molecule has 0 radical (unpaired) electrons. The molecule has 0 saturated heterocycles. The second-order valence-electron chi connectivity index (χ2n) is 7.87. The quantitative estimate of drug-likeness (QED) is 0.531. The first-order valence-corrected chi connectivity index (χ1v) is 11.7. The molecule has 0 bridgehead atoms. The molecule has 0 fully saturated rings. The van der Waals surface area contributed by atoms with Crippen molar-refractivity contribution in [2.75, 3.05) is 31.0 Å². The SMILES string of the molecule is CCC1Oc2ccc(-c3nc(C)sc3C)cc2N(CC(=O)Nc2ccc(OC)cc2OC)C1=O. The van der Waals surface area contributed by atoms with Crippen LogP contribution in [0.4, 0.5) is 11.4 Å². The number of nitrogens with zero attached hydrogens (tertiary/aromatic N) is 2. The Labute approximate surface area is 202 Å². The maximum Gasteiger partial charge on any atom is 0.268 e.